The summed E-state index contributed by atoms with van der Waals surface area (Å²) in [7, 11) is 1.50. The molecule has 3 heterocycles. The van der Waals surface area contributed by atoms with Crippen LogP contribution in [0.25, 0.3) is 0 Å². The summed E-state index contributed by atoms with van der Waals surface area (Å²) in [5.74, 6) is 0.263. The Morgan fingerprint density at radius 2 is 1.95 bits per heavy atom. The molecular formula is C27H35ClN6O5. The first-order valence-corrected chi connectivity index (χ1v) is 12.5. The number of benzene rings is 1. The van der Waals surface area contributed by atoms with Crippen LogP contribution in [-0.4, -0.2) is 66.3 Å². The lowest BCUT2D eigenvalue weighted by atomic mass is 9.84. The fourth-order valence-electron chi connectivity index (χ4n) is 4.70. The molecule has 2 aromatic rings. The van der Waals surface area contributed by atoms with Gasteiger partial charge >= 0.3 is 6.03 Å². The minimum Gasteiger partial charge on any atom is -0.491 e. The second-order valence-corrected chi connectivity index (χ2v) is 10.5. The van der Waals surface area contributed by atoms with Gasteiger partial charge in [-0.2, -0.15) is 0 Å². The highest BCUT2D eigenvalue weighted by molar-refractivity contribution is 6.06. The summed E-state index contributed by atoms with van der Waals surface area (Å²) < 4.78 is 11.7. The number of urea groups is 1. The van der Waals surface area contributed by atoms with Gasteiger partial charge in [0, 0.05) is 30.3 Å². The Balaban J connectivity index is 0.00000420. The monoisotopic (exact) mass is 558 g/mol. The first-order chi connectivity index (χ1) is 17.8. The summed E-state index contributed by atoms with van der Waals surface area (Å²) in [5.41, 5.74) is 8.05. The number of amides is 3. The van der Waals surface area contributed by atoms with Crippen LogP contribution in [-0.2, 0) is 12.0 Å². The number of carbonyl (C=O) groups excluding carboxylic acids is 3. The first kappa shape index (κ1) is 29.7. The molecule has 0 bridgehead atoms. The predicted octanol–water partition coefficient (Wildman–Crippen LogP) is 3.25. The summed E-state index contributed by atoms with van der Waals surface area (Å²) in [6, 6.07) is 4.51. The number of ether oxygens (including phenoxy) is 2. The molecule has 1 aromatic carbocycles. The third-order valence-electron chi connectivity index (χ3n) is 6.56. The molecule has 4 N–H and O–H groups in total. The third kappa shape index (κ3) is 5.63. The van der Waals surface area contributed by atoms with Gasteiger partial charge in [-0.3, -0.25) is 19.9 Å². The van der Waals surface area contributed by atoms with E-state index in [0.717, 1.165) is 5.56 Å². The molecular weight excluding hydrogens is 524 g/mol. The number of fused-ring (bicyclic) bond motifs is 2. The maximum atomic E-state index is 13.6. The second-order valence-electron chi connectivity index (χ2n) is 10.5. The number of ketones is 1. The summed E-state index contributed by atoms with van der Waals surface area (Å²) in [4.78, 5) is 45.6. The van der Waals surface area contributed by atoms with Crippen LogP contribution in [0.15, 0.2) is 18.2 Å². The van der Waals surface area contributed by atoms with Crippen molar-refractivity contribution in [2.45, 2.75) is 52.7 Å². The molecule has 39 heavy (non-hydrogen) atoms. The highest BCUT2D eigenvalue weighted by Gasteiger charge is 2.35. The van der Waals surface area contributed by atoms with Crippen molar-refractivity contribution in [1.82, 2.24) is 15.2 Å². The van der Waals surface area contributed by atoms with E-state index in [9.17, 15) is 14.4 Å². The molecule has 0 spiro atoms. The van der Waals surface area contributed by atoms with E-state index in [1.807, 2.05) is 34.6 Å². The van der Waals surface area contributed by atoms with Crippen LogP contribution < -0.4 is 25.4 Å². The maximum Gasteiger partial charge on any atom is 0.319 e. The molecule has 4 rings (SSSR count). The Morgan fingerprint density at radius 3 is 2.54 bits per heavy atom. The smallest absolute Gasteiger partial charge is 0.319 e. The van der Waals surface area contributed by atoms with Crippen molar-refractivity contribution < 1.29 is 23.9 Å². The van der Waals surface area contributed by atoms with Gasteiger partial charge in [-0.15, -0.1) is 12.4 Å². The highest BCUT2D eigenvalue weighted by atomic mass is 35.5. The zero-order valence-electron chi connectivity index (χ0n) is 23.0. The normalized spacial score (nSPS) is 16.1. The lowest BCUT2D eigenvalue weighted by molar-refractivity contribution is 0.0949. The number of aromatic nitrogens is 1. The first-order valence-electron chi connectivity index (χ1n) is 12.5. The molecule has 3 amide bonds. The number of pyridine rings is 1. The molecule has 0 saturated carbocycles. The Morgan fingerprint density at radius 1 is 1.26 bits per heavy atom. The van der Waals surface area contributed by atoms with Crippen molar-refractivity contribution in [3.63, 3.8) is 0 Å². The maximum absolute atomic E-state index is 13.6. The fraction of sp³-hybridized carbons (Fsp3) is 0.444. The van der Waals surface area contributed by atoms with E-state index in [2.05, 4.69) is 10.3 Å². The Labute approximate surface area is 233 Å². The number of carbonyl (C=O) groups is 3. The molecule has 11 nitrogen and oxygen atoms in total. The number of Topliss-reactive ketones (excluding diaryl/α,β-unsaturated/α-hetero) is 1. The molecule has 210 valence electrons. The van der Waals surface area contributed by atoms with Crippen molar-refractivity contribution in [2.75, 3.05) is 31.6 Å². The van der Waals surface area contributed by atoms with Gasteiger partial charge < -0.3 is 25.4 Å². The van der Waals surface area contributed by atoms with Gasteiger partial charge in [0.15, 0.2) is 17.2 Å². The SMILES string of the molecule is CCOc1cc2c(nc1C(=O)NC)C(=N)N(CC(=O)c1cc3c(c(C(C)(C)C)c1)OC(C)CN3C(N)=O)C2.Cl. The van der Waals surface area contributed by atoms with Crippen LogP contribution in [0.1, 0.15) is 72.3 Å². The molecule has 1 unspecified atom stereocenters. The largest absolute Gasteiger partial charge is 0.491 e. The van der Waals surface area contributed by atoms with Gasteiger partial charge in [0.2, 0.25) is 0 Å². The van der Waals surface area contributed by atoms with Gasteiger partial charge in [-0.25, -0.2) is 9.78 Å². The second kappa shape index (κ2) is 11.1. The topological polar surface area (TPSA) is 151 Å². The van der Waals surface area contributed by atoms with Gasteiger partial charge in [-0.05, 0) is 37.5 Å². The number of nitrogens with zero attached hydrogens (tertiary/aromatic N) is 3. The minimum absolute atomic E-state index is 0. The Kier molecular flexibility index (Phi) is 8.44. The molecule has 0 radical (unpaired) electrons. The summed E-state index contributed by atoms with van der Waals surface area (Å²) in [5, 5.41) is 11.2. The zero-order valence-corrected chi connectivity index (χ0v) is 23.8. The van der Waals surface area contributed by atoms with Crippen LogP contribution in [0.5, 0.6) is 11.5 Å². The Hall–Kier alpha value is -3.86. The van der Waals surface area contributed by atoms with Crippen LogP contribution in [0.2, 0.25) is 0 Å². The van der Waals surface area contributed by atoms with Crippen LogP contribution in [0, 0.1) is 5.41 Å². The molecule has 0 saturated heterocycles. The Bertz CT molecular complexity index is 1340. The number of hydrogen-bond donors (Lipinski definition) is 3. The van der Waals surface area contributed by atoms with Crippen LogP contribution in [0.4, 0.5) is 10.5 Å². The van der Waals surface area contributed by atoms with Gasteiger partial charge in [-0.1, -0.05) is 20.8 Å². The lowest BCUT2D eigenvalue weighted by Crippen LogP contribution is -2.45. The lowest BCUT2D eigenvalue weighted by Gasteiger charge is -2.36. The number of nitrogens with two attached hydrogens (primary N) is 1. The zero-order chi connectivity index (χ0) is 27.9. The van der Waals surface area contributed by atoms with E-state index in [4.69, 9.17) is 20.6 Å². The number of nitrogens with one attached hydrogen (secondary N) is 2. The number of anilines is 1. The molecule has 0 aliphatic carbocycles. The van der Waals surface area contributed by atoms with E-state index in [1.54, 1.807) is 23.1 Å². The molecule has 1 atom stereocenters. The summed E-state index contributed by atoms with van der Waals surface area (Å²) in [6.45, 7) is 10.5. The van der Waals surface area contributed by atoms with Gasteiger partial charge in [0.1, 0.15) is 23.4 Å². The van der Waals surface area contributed by atoms with E-state index in [-0.39, 0.29) is 60.9 Å². The van der Waals surface area contributed by atoms with Crippen LogP contribution >= 0.6 is 12.4 Å². The van der Waals surface area contributed by atoms with E-state index < -0.39 is 11.9 Å². The molecule has 0 fully saturated rings. The molecule has 2 aliphatic rings. The van der Waals surface area contributed by atoms with E-state index in [0.29, 0.717) is 40.6 Å². The average Bonchev–Trinajstić information content (AvgIpc) is 3.15. The highest BCUT2D eigenvalue weighted by Crippen LogP contribution is 2.43. The number of rotatable bonds is 6. The number of amidine groups is 1. The third-order valence-corrected chi connectivity index (χ3v) is 6.56. The van der Waals surface area contributed by atoms with Gasteiger partial charge in [0.05, 0.1) is 25.4 Å². The average molecular weight is 559 g/mol. The summed E-state index contributed by atoms with van der Waals surface area (Å²) >= 11 is 0. The molecule has 2 aliphatic heterocycles. The fourth-order valence-corrected chi connectivity index (χ4v) is 4.70. The number of halogens is 1. The molecule has 12 heteroatoms. The number of primary amides is 1. The van der Waals surface area contributed by atoms with Crippen molar-refractivity contribution in [1.29, 1.82) is 5.41 Å². The van der Waals surface area contributed by atoms with Crippen molar-refractivity contribution in [2.24, 2.45) is 5.73 Å². The van der Waals surface area contributed by atoms with E-state index >= 15 is 0 Å². The summed E-state index contributed by atoms with van der Waals surface area (Å²) in [6.07, 6.45) is -0.255. The van der Waals surface area contributed by atoms with Crippen LogP contribution in [0.3, 0.4) is 0 Å². The van der Waals surface area contributed by atoms with Crippen molar-refractivity contribution >= 4 is 41.7 Å². The van der Waals surface area contributed by atoms with Crippen molar-refractivity contribution in [3.05, 3.63) is 46.3 Å². The van der Waals surface area contributed by atoms with E-state index in [1.165, 1.54) is 11.9 Å². The van der Waals surface area contributed by atoms with Crippen molar-refractivity contribution in [3.8, 4) is 11.5 Å². The quantitative estimate of drug-likeness (QED) is 0.460. The van der Waals surface area contributed by atoms with Gasteiger partial charge in [0.25, 0.3) is 5.91 Å². The number of hydrogen-bond acceptors (Lipinski definition) is 7. The minimum atomic E-state index is -0.620. The molecule has 1 aromatic heterocycles. The standard InChI is InChI=1S/C27H34N6O5.ClH/c1-7-37-20-10-16-12-32(24(28)21(16)31-22(20)25(35)30-6)13-19(34)15-8-17(27(3,4)5)23-18(9-15)33(26(29)36)11-14(2)38-23;/h8-10,14,28H,7,11-13H2,1-6H3,(H2,29,36)(H,30,35);1H. The predicted molar refractivity (Wildman–Crippen MR) is 150 cm³/mol.